The maximum atomic E-state index is 12.8. The van der Waals surface area contributed by atoms with Crippen LogP contribution in [0.15, 0.2) is 109 Å². The van der Waals surface area contributed by atoms with Crippen molar-refractivity contribution in [1.29, 1.82) is 0 Å². The SMILES string of the molecule is CC\C=C/C=C\C=C/C=C\CCCCCCCC(=O)OC(COC(=O)CCCCCCCC/C=C\C/C=C\C/C=C\CC)COC(=O)CCCCCCCCC/C=C\C/C=C\CC. The Morgan fingerprint density at radius 2 is 0.651 bits per heavy atom. The third-order valence-electron chi connectivity index (χ3n) is 10.3. The zero-order valence-electron chi connectivity index (χ0n) is 40.5. The van der Waals surface area contributed by atoms with Gasteiger partial charge in [0.05, 0.1) is 0 Å². The van der Waals surface area contributed by atoms with Crippen LogP contribution >= 0.6 is 0 Å². The minimum atomic E-state index is -0.801. The van der Waals surface area contributed by atoms with Crippen LogP contribution in [0.25, 0.3) is 0 Å². The summed E-state index contributed by atoms with van der Waals surface area (Å²) in [5, 5.41) is 0. The summed E-state index contributed by atoms with van der Waals surface area (Å²) >= 11 is 0. The summed E-state index contributed by atoms with van der Waals surface area (Å²) in [5.74, 6) is -0.949. The van der Waals surface area contributed by atoms with E-state index in [1.165, 1.54) is 38.5 Å². The Morgan fingerprint density at radius 1 is 0.333 bits per heavy atom. The van der Waals surface area contributed by atoms with Gasteiger partial charge in [0.2, 0.25) is 0 Å². The maximum Gasteiger partial charge on any atom is 0.306 e. The standard InChI is InChI=1S/C57H92O6/c1-4-7-10-13-16-19-22-25-28-30-32-35-38-41-44-47-50-56(59)62-53-54(52-61-55(58)49-46-43-40-37-34-31-27-24-21-18-15-12-9-6-3)63-57(60)51-48-45-42-39-36-33-29-26-23-20-17-14-11-8-5-2/h7-12,14,16-21,23,25-26,28-29,54H,4-6,13,15,22,24,27,30-53H2,1-3H3/b10-7-,11-8-,12-9-,17-14-,19-16-,21-18-,23-20-,28-25-,29-26-. The number of carbonyl (C=O) groups excluding carboxylic acids is 3. The molecule has 0 radical (unpaired) electrons. The van der Waals surface area contributed by atoms with Gasteiger partial charge in [-0.05, 0) is 96.3 Å². The zero-order chi connectivity index (χ0) is 45.8. The Labute approximate surface area is 387 Å². The maximum absolute atomic E-state index is 12.8. The highest BCUT2D eigenvalue weighted by Crippen LogP contribution is 2.14. The first-order valence-corrected chi connectivity index (χ1v) is 25.4. The van der Waals surface area contributed by atoms with Crippen LogP contribution in [0.4, 0.5) is 0 Å². The minimum absolute atomic E-state index is 0.0986. The normalized spacial score (nSPS) is 13.0. The number of esters is 3. The van der Waals surface area contributed by atoms with E-state index in [2.05, 4.69) is 106 Å². The van der Waals surface area contributed by atoms with Crippen molar-refractivity contribution in [3.05, 3.63) is 109 Å². The molecule has 0 saturated heterocycles. The lowest BCUT2D eigenvalue weighted by atomic mass is 10.1. The summed E-state index contributed by atoms with van der Waals surface area (Å²) in [6.07, 6.45) is 67.8. The van der Waals surface area contributed by atoms with Crippen LogP contribution in [0.3, 0.4) is 0 Å². The van der Waals surface area contributed by atoms with Crippen LogP contribution in [0.1, 0.15) is 213 Å². The van der Waals surface area contributed by atoms with Crippen LogP contribution in [-0.4, -0.2) is 37.2 Å². The third kappa shape index (κ3) is 49.0. The van der Waals surface area contributed by atoms with Gasteiger partial charge in [0.1, 0.15) is 13.2 Å². The molecular formula is C57H92O6. The Kier molecular flexibility index (Phi) is 47.5. The van der Waals surface area contributed by atoms with E-state index in [4.69, 9.17) is 14.2 Å². The van der Waals surface area contributed by atoms with Gasteiger partial charge >= 0.3 is 17.9 Å². The summed E-state index contributed by atoms with van der Waals surface area (Å²) in [6, 6.07) is 0. The second-order valence-electron chi connectivity index (χ2n) is 16.4. The molecule has 0 saturated carbocycles. The Balaban J connectivity index is 4.48. The summed E-state index contributed by atoms with van der Waals surface area (Å²) in [4.78, 5) is 38.0. The molecule has 0 aromatic rings. The van der Waals surface area contributed by atoms with E-state index in [1.54, 1.807) is 0 Å². The van der Waals surface area contributed by atoms with Gasteiger partial charge in [0.25, 0.3) is 0 Å². The highest BCUT2D eigenvalue weighted by Gasteiger charge is 2.19. The van der Waals surface area contributed by atoms with Crippen molar-refractivity contribution >= 4 is 17.9 Å². The number of allylic oxidation sites excluding steroid dienone is 18. The average molecular weight is 873 g/mol. The molecule has 356 valence electrons. The van der Waals surface area contributed by atoms with Crippen LogP contribution in [0.2, 0.25) is 0 Å². The van der Waals surface area contributed by atoms with E-state index in [0.717, 1.165) is 135 Å². The molecule has 0 rings (SSSR count). The van der Waals surface area contributed by atoms with E-state index < -0.39 is 6.10 Å². The molecule has 6 nitrogen and oxygen atoms in total. The van der Waals surface area contributed by atoms with Gasteiger partial charge in [0, 0.05) is 19.3 Å². The molecule has 0 bridgehead atoms. The van der Waals surface area contributed by atoms with Crippen molar-refractivity contribution < 1.29 is 28.6 Å². The lowest BCUT2D eigenvalue weighted by Crippen LogP contribution is -2.30. The van der Waals surface area contributed by atoms with Crippen molar-refractivity contribution in [2.45, 2.75) is 219 Å². The lowest BCUT2D eigenvalue weighted by Gasteiger charge is -2.18. The van der Waals surface area contributed by atoms with Gasteiger partial charge in [-0.1, -0.05) is 207 Å². The van der Waals surface area contributed by atoms with Crippen molar-refractivity contribution in [2.24, 2.45) is 0 Å². The number of rotatable bonds is 44. The molecule has 0 aliphatic rings. The first-order chi connectivity index (χ1) is 31.0. The number of unbranched alkanes of at least 4 members (excludes halogenated alkanes) is 18. The number of hydrogen-bond acceptors (Lipinski definition) is 6. The van der Waals surface area contributed by atoms with Crippen molar-refractivity contribution in [1.82, 2.24) is 0 Å². The van der Waals surface area contributed by atoms with Gasteiger partial charge in [-0.15, -0.1) is 0 Å². The topological polar surface area (TPSA) is 78.9 Å². The second-order valence-corrected chi connectivity index (χ2v) is 16.4. The van der Waals surface area contributed by atoms with Gasteiger partial charge in [-0.2, -0.15) is 0 Å². The molecule has 0 amide bonds. The van der Waals surface area contributed by atoms with Gasteiger partial charge < -0.3 is 14.2 Å². The molecule has 0 aromatic heterocycles. The molecule has 1 unspecified atom stereocenters. The summed E-state index contributed by atoms with van der Waals surface area (Å²) in [7, 11) is 0. The fourth-order valence-electron chi connectivity index (χ4n) is 6.62. The molecule has 0 spiro atoms. The molecule has 0 heterocycles. The van der Waals surface area contributed by atoms with E-state index in [9.17, 15) is 14.4 Å². The molecule has 0 N–H and O–H groups in total. The molecule has 0 aliphatic heterocycles. The fourth-order valence-corrected chi connectivity index (χ4v) is 6.62. The Hall–Kier alpha value is -3.93. The quantitative estimate of drug-likeness (QED) is 0.0199. The van der Waals surface area contributed by atoms with E-state index in [1.807, 2.05) is 24.3 Å². The average Bonchev–Trinajstić information content (AvgIpc) is 3.28. The fraction of sp³-hybridized carbons (Fsp3) is 0.632. The van der Waals surface area contributed by atoms with Crippen molar-refractivity contribution in [3.8, 4) is 0 Å². The monoisotopic (exact) mass is 873 g/mol. The molecule has 63 heavy (non-hydrogen) atoms. The van der Waals surface area contributed by atoms with E-state index >= 15 is 0 Å². The minimum Gasteiger partial charge on any atom is -0.462 e. The van der Waals surface area contributed by atoms with Crippen molar-refractivity contribution in [2.75, 3.05) is 13.2 Å². The van der Waals surface area contributed by atoms with Gasteiger partial charge in [-0.25, -0.2) is 0 Å². The third-order valence-corrected chi connectivity index (χ3v) is 10.3. The molecule has 0 fully saturated rings. The molecule has 0 aliphatic carbocycles. The first-order valence-electron chi connectivity index (χ1n) is 25.4. The lowest BCUT2D eigenvalue weighted by molar-refractivity contribution is -0.167. The van der Waals surface area contributed by atoms with Crippen molar-refractivity contribution in [3.63, 3.8) is 0 Å². The molecule has 1 atom stereocenters. The second kappa shape index (κ2) is 50.7. The van der Waals surface area contributed by atoms with Crippen LogP contribution in [0, 0.1) is 0 Å². The smallest absolute Gasteiger partial charge is 0.306 e. The zero-order valence-corrected chi connectivity index (χ0v) is 40.5. The summed E-state index contributed by atoms with van der Waals surface area (Å²) < 4.78 is 16.8. The van der Waals surface area contributed by atoms with Crippen LogP contribution in [-0.2, 0) is 28.6 Å². The van der Waals surface area contributed by atoms with Gasteiger partial charge in [0.15, 0.2) is 6.10 Å². The molecule has 0 aromatic carbocycles. The number of ether oxygens (including phenoxy) is 3. The first kappa shape index (κ1) is 59.1. The van der Waals surface area contributed by atoms with Gasteiger partial charge in [-0.3, -0.25) is 14.4 Å². The molecule has 6 heteroatoms. The largest absolute Gasteiger partial charge is 0.462 e. The number of hydrogen-bond donors (Lipinski definition) is 0. The number of carbonyl (C=O) groups is 3. The predicted molar refractivity (Wildman–Crippen MR) is 270 cm³/mol. The van der Waals surface area contributed by atoms with E-state index in [-0.39, 0.29) is 31.1 Å². The highest BCUT2D eigenvalue weighted by atomic mass is 16.6. The summed E-state index contributed by atoms with van der Waals surface area (Å²) in [6.45, 7) is 6.23. The summed E-state index contributed by atoms with van der Waals surface area (Å²) in [5.41, 5.74) is 0. The predicted octanol–water partition coefficient (Wildman–Crippen LogP) is 16.8. The van der Waals surface area contributed by atoms with Crippen LogP contribution in [0.5, 0.6) is 0 Å². The highest BCUT2D eigenvalue weighted by molar-refractivity contribution is 5.71. The van der Waals surface area contributed by atoms with E-state index in [0.29, 0.717) is 19.3 Å². The Bertz CT molecular complexity index is 1330. The Morgan fingerprint density at radius 3 is 1.08 bits per heavy atom. The van der Waals surface area contributed by atoms with Crippen LogP contribution < -0.4 is 0 Å². The molecular weight excluding hydrogens is 781 g/mol.